The summed E-state index contributed by atoms with van der Waals surface area (Å²) in [4.78, 5) is 0. The second kappa shape index (κ2) is 3.15. The van der Waals surface area contributed by atoms with Crippen molar-refractivity contribution in [1.82, 2.24) is 0 Å². The van der Waals surface area contributed by atoms with Crippen LogP contribution in [0.5, 0.6) is 0 Å². The molecule has 1 aliphatic heterocycles. The van der Waals surface area contributed by atoms with Crippen LogP contribution in [0.3, 0.4) is 0 Å². The van der Waals surface area contributed by atoms with Gasteiger partial charge in [-0.2, -0.15) is 0 Å². The van der Waals surface area contributed by atoms with E-state index in [4.69, 9.17) is 14.6 Å². The molecule has 0 bridgehead atoms. The minimum absolute atomic E-state index is 0.0894. The monoisotopic (exact) mass is 132 g/mol. The van der Waals surface area contributed by atoms with Crippen molar-refractivity contribution in [2.45, 2.75) is 25.2 Å². The van der Waals surface area contributed by atoms with Crippen molar-refractivity contribution >= 4 is 0 Å². The zero-order chi connectivity index (χ0) is 6.69. The maximum absolute atomic E-state index is 8.94. The lowest BCUT2D eigenvalue weighted by molar-refractivity contribution is -0.172. The van der Waals surface area contributed by atoms with Crippen LogP contribution in [-0.4, -0.2) is 31.2 Å². The van der Waals surface area contributed by atoms with Gasteiger partial charge in [0.05, 0.1) is 12.7 Å². The van der Waals surface area contributed by atoms with Gasteiger partial charge >= 0.3 is 0 Å². The van der Waals surface area contributed by atoms with E-state index in [2.05, 4.69) is 0 Å². The van der Waals surface area contributed by atoms with Crippen LogP contribution in [0.15, 0.2) is 0 Å². The fourth-order valence-electron chi connectivity index (χ4n) is 0.899. The first-order valence-corrected chi connectivity index (χ1v) is 3.15. The molecule has 1 heterocycles. The molecule has 0 aliphatic carbocycles. The van der Waals surface area contributed by atoms with Gasteiger partial charge in [-0.1, -0.05) is 0 Å². The quantitative estimate of drug-likeness (QED) is 0.551. The lowest BCUT2D eigenvalue weighted by Crippen LogP contribution is -2.30. The van der Waals surface area contributed by atoms with Crippen LogP contribution < -0.4 is 0 Å². The Hall–Kier alpha value is -0.120. The molecule has 2 atom stereocenters. The summed E-state index contributed by atoms with van der Waals surface area (Å²) < 4.78 is 9.97. The Morgan fingerprint density at radius 2 is 2.33 bits per heavy atom. The summed E-state index contributed by atoms with van der Waals surface area (Å²) in [6.07, 6.45) is 1.22. The molecule has 0 saturated carbocycles. The van der Waals surface area contributed by atoms with Crippen LogP contribution in [0.25, 0.3) is 0 Å². The van der Waals surface area contributed by atoms with Gasteiger partial charge < -0.3 is 14.6 Å². The molecule has 0 aromatic carbocycles. The number of hydrogen-bond acceptors (Lipinski definition) is 3. The summed E-state index contributed by atoms with van der Waals surface area (Å²) in [5.74, 6) is 0. The van der Waals surface area contributed by atoms with E-state index in [1.807, 2.05) is 0 Å². The summed E-state index contributed by atoms with van der Waals surface area (Å²) in [7, 11) is 1.61. The first kappa shape index (κ1) is 6.99. The molecule has 3 nitrogen and oxygen atoms in total. The van der Waals surface area contributed by atoms with Crippen LogP contribution in [-0.2, 0) is 9.47 Å². The Balaban J connectivity index is 2.18. The minimum Gasteiger partial charge on any atom is -0.391 e. The fraction of sp³-hybridized carbons (Fsp3) is 1.00. The van der Waals surface area contributed by atoms with E-state index in [1.165, 1.54) is 0 Å². The van der Waals surface area contributed by atoms with Crippen LogP contribution in [0.4, 0.5) is 0 Å². The molecule has 1 aliphatic rings. The average Bonchev–Trinajstić information content (AvgIpc) is 1.90. The molecule has 1 saturated heterocycles. The van der Waals surface area contributed by atoms with Crippen LogP contribution in [0.1, 0.15) is 12.8 Å². The van der Waals surface area contributed by atoms with Crippen molar-refractivity contribution < 1.29 is 14.6 Å². The molecule has 9 heavy (non-hydrogen) atoms. The number of methoxy groups -OCH3 is 1. The topological polar surface area (TPSA) is 38.7 Å². The number of rotatable bonds is 1. The smallest absolute Gasteiger partial charge is 0.157 e. The summed E-state index contributed by atoms with van der Waals surface area (Å²) in [6, 6.07) is 0. The molecule has 0 aromatic heterocycles. The average molecular weight is 132 g/mol. The van der Waals surface area contributed by atoms with E-state index in [-0.39, 0.29) is 12.4 Å². The lowest BCUT2D eigenvalue weighted by Gasteiger charge is -2.24. The van der Waals surface area contributed by atoms with E-state index < -0.39 is 0 Å². The van der Waals surface area contributed by atoms with Gasteiger partial charge in [0.2, 0.25) is 0 Å². The molecule has 1 N–H and O–H groups in total. The Morgan fingerprint density at radius 1 is 1.56 bits per heavy atom. The highest BCUT2D eigenvalue weighted by Gasteiger charge is 2.18. The second-order valence-corrected chi connectivity index (χ2v) is 2.23. The second-order valence-electron chi connectivity index (χ2n) is 2.23. The molecule has 0 radical (unpaired) electrons. The predicted octanol–water partition coefficient (Wildman–Crippen LogP) is 0.130. The molecule has 1 unspecified atom stereocenters. The van der Waals surface area contributed by atoms with Crippen LogP contribution in [0.2, 0.25) is 0 Å². The first-order valence-electron chi connectivity index (χ1n) is 3.15. The van der Waals surface area contributed by atoms with Gasteiger partial charge in [-0.15, -0.1) is 0 Å². The van der Waals surface area contributed by atoms with Crippen molar-refractivity contribution in [3.63, 3.8) is 0 Å². The summed E-state index contributed by atoms with van der Waals surface area (Å²) in [5.41, 5.74) is 0. The summed E-state index contributed by atoms with van der Waals surface area (Å²) in [5, 5.41) is 8.94. The third kappa shape index (κ3) is 1.93. The van der Waals surface area contributed by atoms with Gasteiger partial charge in [0.15, 0.2) is 6.29 Å². The van der Waals surface area contributed by atoms with Gasteiger partial charge in [-0.25, -0.2) is 0 Å². The Labute approximate surface area is 54.6 Å². The van der Waals surface area contributed by atoms with Crippen LogP contribution in [0, 0.1) is 0 Å². The van der Waals surface area contributed by atoms with E-state index >= 15 is 0 Å². The number of hydrogen-bond donors (Lipinski definition) is 1. The van der Waals surface area contributed by atoms with Crippen LogP contribution >= 0.6 is 0 Å². The van der Waals surface area contributed by atoms with Crippen molar-refractivity contribution in [2.24, 2.45) is 0 Å². The van der Waals surface area contributed by atoms with E-state index in [1.54, 1.807) is 7.11 Å². The van der Waals surface area contributed by atoms with E-state index in [0.29, 0.717) is 6.61 Å². The van der Waals surface area contributed by atoms with Gasteiger partial charge in [0.1, 0.15) is 0 Å². The highest BCUT2D eigenvalue weighted by molar-refractivity contribution is 4.62. The molecule has 54 valence electrons. The largest absolute Gasteiger partial charge is 0.391 e. The van der Waals surface area contributed by atoms with Gasteiger partial charge in [0, 0.05) is 13.5 Å². The standard InChI is InChI=1S/C6H12O3/c1-8-6-3-2-5(7)4-9-6/h5-7H,2-4H2,1H3/t5-,6?/m0/s1. The molecular formula is C6H12O3. The lowest BCUT2D eigenvalue weighted by atomic mass is 10.1. The van der Waals surface area contributed by atoms with Gasteiger partial charge in [-0.05, 0) is 6.42 Å². The highest BCUT2D eigenvalue weighted by atomic mass is 16.7. The zero-order valence-corrected chi connectivity index (χ0v) is 5.54. The Kier molecular flexibility index (Phi) is 2.45. The minimum atomic E-state index is -0.281. The van der Waals surface area contributed by atoms with Gasteiger partial charge in [0.25, 0.3) is 0 Å². The summed E-state index contributed by atoms with van der Waals surface area (Å²) in [6.45, 7) is 0.415. The maximum Gasteiger partial charge on any atom is 0.157 e. The highest BCUT2D eigenvalue weighted by Crippen LogP contribution is 2.12. The molecular weight excluding hydrogens is 120 g/mol. The third-order valence-corrected chi connectivity index (χ3v) is 1.47. The van der Waals surface area contributed by atoms with Crippen molar-refractivity contribution in [2.75, 3.05) is 13.7 Å². The maximum atomic E-state index is 8.94. The Morgan fingerprint density at radius 3 is 2.78 bits per heavy atom. The number of ether oxygens (including phenoxy) is 2. The SMILES string of the molecule is COC1CC[C@H](O)CO1. The molecule has 1 fully saturated rings. The molecule has 3 heteroatoms. The summed E-state index contributed by atoms with van der Waals surface area (Å²) >= 11 is 0. The Bertz CT molecular complexity index is 76.4. The normalized spacial score (nSPS) is 36.7. The third-order valence-electron chi connectivity index (χ3n) is 1.47. The van der Waals surface area contributed by atoms with Crippen molar-refractivity contribution in [1.29, 1.82) is 0 Å². The van der Waals surface area contributed by atoms with E-state index in [9.17, 15) is 0 Å². The molecule has 0 spiro atoms. The van der Waals surface area contributed by atoms with Crippen molar-refractivity contribution in [3.05, 3.63) is 0 Å². The molecule has 0 amide bonds. The predicted molar refractivity (Wildman–Crippen MR) is 32.0 cm³/mol. The first-order chi connectivity index (χ1) is 4.33. The molecule has 0 aromatic rings. The zero-order valence-electron chi connectivity index (χ0n) is 5.54. The van der Waals surface area contributed by atoms with Gasteiger partial charge in [-0.3, -0.25) is 0 Å². The van der Waals surface area contributed by atoms with E-state index in [0.717, 1.165) is 12.8 Å². The number of aliphatic hydroxyl groups excluding tert-OH is 1. The number of aliphatic hydroxyl groups is 1. The van der Waals surface area contributed by atoms with Crippen molar-refractivity contribution in [3.8, 4) is 0 Å². The fourth-order valence-corrected chi connectivity index (χ4v) is 0.899. The molecule has 1 rings (SSSR count).